The van der Waals surface area contributed by atoms with E-state index in [9.17, 15) is 9.59 Å². The number of nitrogens with one attached hydrogen (secondary N) is 1. The van der Waals surface area contributed by atoms with Crippen LogP contribution in [-0.2, 0) is 4.74 Å². The standard InChI is InChI=1S/C17H24N2O3.C6H15N/c1-22-17(21)15-8-6-14(7-9-15)16(20)18-10-5-13-19-11-3-2-4-12-19;1-4-7(5-2)6-3/h6-9H,2-5,10-13H2,1H3,(H,18,20);4-6H2,1-3H3. The molecule has 0 aromatic heterocycles. The number of piperidine rings is 1. The van der Waals surface area contributed by atoms with Gasteiger partial charge in [0, 0.05) is 12.1 Å². The molecule has 6 nitrogen and oxygen atoms in total. The zero-order chi connectivity index (χ0) is 21.5. The van der Waals surface area contributed by atoms with E-state index in [1.54, 1.807) is 24.3 Å². The number of ether oxygens (including phenoxy) is 1. The Morgan fingerprint density at radius 1 is 0.966 bits per heavy atom. The van der Waals surface area contributed by atoms with Crippen LogP contribution >= 0.6 is 0 Å². The Morgan fingerprint density at radius 2 is 1.52 bits per heavy atom. The van der Waals surface area contributed by atoms with Crippen molar-refractivity contribution < 1.29 is 14.3 Å². The minimum absolute atomic E-state index is 0.102. The summed E-state index contributed by atoms with van der Waals surface area (Å²) >= 11 is 0. The van der Waals surface area contributed by atoms with Gasteiger partial charge >= 0.3 is 5.97 Å². The van der Waals surface area contributed by atoms with Gasteiger partial charge in [-0.1, -0.05) is 27.2 Å². The number of carbonyl (C=O) groups excluding carboxylic acids is 2. The summed E-state index contributed by atoms with van der Waals surface area (Å²) in [5.41, 5.74) is 1.01. The Labute approximate surface area is 176 Å². The fourth-order valence-corrected chi connectivity index (χ4v) is 3.34. The summed E-state index contributed by atoms with van der Waals surface area (Å²) in [5.74, 6) is -0.497. The first-order valence-electron chi connectivity index (χ1n) is 11.0. The number of esters is 1. The fourth-order valence-electron chi connectivity index (χ4n) is 3.34. The molecular weight excluding hydrogens is 366 g/mol. The SMILES string of the molecule is CCN(CC)CC.COC(=O)c1ccc(C(=O)NCCCN2CCCCC2)cc1. The Hall–Kier alpha value is -1.92. The van der Waals surface area contributed by atoms with E-state index >= 15 is 0 Å². The summed E-state index contributed by atoms with van der Waals surface area (Å²) < 4.78 is 4.63. The summed E-state index contributed by atoms with van der Waals surface area (Å²) in [7, 11) is 1.34. The molecule has 0 spiro atoms. The second kappa shape index (κ2) is 15.0. The van der Waals surface area contributed by atoms with Gasteiger partial charge in [-0.2, -0.15) is 0 Å². The molecule has 0 unspecified atom stereocenters. The molecule has 1 aliphatic rings. The Bertz CT molecular complexity index is 574. The molecule has 29 heavy (non-hydrogen) atoms. The van der Waals surface area contributed by atoms with Crippen molar-refractivity contribution in [3.8, 4) is 0 Å². The molecule has 1 aromatic rings. The summed E-state index contributed by atoms with van der Waals surface area (Å²) in [6.07, 6.45) is 4.89. The summed E-state index contributed by atoms with van der Waals surface area (Å²) in [6, 6.07) is 6.50. The van der Waals surface area contributed by atoms with Crippen LogP contribution in [0.15, 0.2) is 24.3 Å². The van der Waals surface area contributed by atoms with Crippen molar-refractivity contribution in [2.45, 2.75) is 46.5 Å². The highest BCUT2D eigenvalue weighted by Crippen LogP contribution is 2.09. The highest BCUT2D eigenvalue weighted by molar-refractivity contribution is 5.96. The molecule has 0 radical (unpaired) electrons. The van der Waals surface area contributed by atoms with Crippen LogP contribution in [0.1, 0.15) is 67.2 Å². The van der Waals surface area contributed by atoms with Crippen LogP contribution in [-0.4, -0.2) is 74.6 Å². The predicted molar refractivity (Wildman–Crippen MR) is 118 cm³/mol. The monoisotopic (exact) mass is 405 g/mol. The van der Waals surface area contributed by atoms with Crippen molar-refractivity contribution in [1.82, 2.24) is 15.1 Å². The van der Waals surface area contributed by atoms with E-state index in [-0.39, 0.29) is 5.91 Å². The first kappa shape index (κ1) is 25.1. The number of carbonyl (C=O) groups is 2. The quantitative estimate of drug-likeness (QED) is 0.504. The van der Waals surface area contributed by atoms with Crippen LogP contribution in [0.4, 0.5) is 0 Å². The Morgan fingerprint density at radius 3 is 2.00 bits per heavy atom. The third kappa shape index (κ3) is 9.90. The van der Waals surface area contributed by atoms with Crippen LogP contribution in [0.3, 0.4) is 0 Å². The van der Waals surface area contributed by atoms with E-state index in [0.29, 0.717) is 17.7 Å². The molecule has 1 N–H and O–H groups in total. The molecule has 0 bridgehead atoms. The van der Waals surface area contributed by atoms with Crippen LogP contribution in [0.5, 0.6) is 0 Å². The van der Waals surface area contributed by atoms with Gasteiger partial charge in [-0.3, -0.25) is 4.79 Å². The highest BCUT2D eigenvalue weighted by atomic mass is 16.5. The number of hydrogen-bond donors (Lipinski definition) is 1. The third-order valence-electron chi connectivity index (χ3n) is 5.30. The fraction of sp³-hybridized carbons (Fsp3) is 0.652. The molecule has 1 heterocycles. The molecule has 1 fully saturated rings. The maximum absolute atomic E-state index is 12.0. The number of methoxy groups -OCH3 is 1. The third-order valence-corrected chi connectivity index (χ3v) is 5.30. The molecule has 2 rings (SSSR count). The predicted octanol–water partition coefficient (Wildman–Crippen LogP) is 3.43. The Balaban J connectivity index is 0.000000516. The Kier molecular flexibility index (Phi) is 13.0. The van der Waals surface area contributed by atoms with Crippen molar-refractivity contribution in [3.05, 3.63) is 35.4 Å². The van der Waals surface area contributed by atoms with E-state index in [1.165, 1.54) is 59.1 Å². The van der Waals surface area contributed by atoms with Gasteiger partial charge in [0.15, 0.2) is 0 Å². The second-order valence-electron chi connectivity index (χ2n) is 7.20. The lowest BCUT2D eigenvalue weighted by Gasteiger charge is -2.26. The van der Waals surface area contributed by atoms with Crippen molar-refractivity contribution in [2.75, 3.05) is 52.9 Å². The molecule has 0 saturated carbocycles. The van der Waals surface area contributed by atoms with E-state index in [4.69, 9.17) is 0 Å². The molecule has 6 heteroatoms. The first-order valence-corrected chi connectivity index (χ1v) is 11.0. The van der Waals surface area contributed by atoms with Crippen molar-refractivity contribution in [3.63, 3.8) is 0 Å². The summed E-state index contributed by atoms with van der Waals surface area (Å²) in [5, 5.41) is 2.92. The largest absolute Gasteiger partial charge is 0.465 e. The maximum Gasteiger partial charge on any atom is 0.337 e. The van der Waals surface area contributed by atoms with E-state index < -0.39 is 5.97 Å². The summed E-state index contributed by atoms with van der Waals surface area (Å²) in [6.45, 7) is 14.2. The zero-order valence-corrected chi connectivity index (χ0v) is 18.7. The van der Waals surface area contributed by atoms with E-state index in [0.717, 1.165) is 13.0 Å². The minimum atomic E-state index is -0.395. The average Bonchev–Trinajstić information content (AvgIpc) is 2.78. The van der Waals surface area contributed by atoms with Crippen LogP contribution in [0.2, 0.25) is 0 Å². The first-order chi connectivity index (χ1) is 14.0. The van der Waals surface area contributed by atoms with Gasteiger partial charge in [0.2, 0.25) is 0 Å². The van der Waals surface area contributed by atoms with Crippen LogP contribution < -0.4 is 5.32 Å². The molecule has 1 aromatic carbocycles. The topological polar surface area (TPSA) is 61.9 Å². The highest BCUT2D eigenvalue weighted by Gasteiger charge is 2.11. The lowest BCUT2D eigenvalue weighted by atomic mass is 10.1. The van der Waals surface area contributed by atoms with Gasteiger partial charge in [0.25, 0.3) is 5.91 Å². The maximum atomic E-state index is 12.0. The number of rotatable bonds is 9. The number of benzene rings is 1. The lowest BCUT2D eigenvalue weighted by Crippen LogP contribution is -2.33. The molecule has 1 amide bonds. The molecule has 164 valence electrons. The molecule has 1 saturated heterocycles. The number of likely N-dealkylation sites (tertiary alicyclic amines) is 1. The summed E-state index contributed by atoms with van der Waals surface area (Å²) in [4.78, 5) is 28.2. The van der Waals surface area contributed by atoms with Crippen molar-refractivity contribution in [2.24, 2.45) is 0 Å². The normalized spacial score (nSPS) is 14.1. The zero-order valence-electron chi connectivity index (χ0n) is 18.7. The van der Waals surface area contributed by atoms with Gasteiger partial charge in [-0.15, -0.1) is 0 Å². The lowest BCUT2D eigenvalue weighted by molar-refractivity contribution is 0.0600. The molecule has 0 atom stereocenters. The van der Waals surface area contributed by atoms with Crippen LogP contribution in [0.25, 0.3) is 0 Å². The average molecular weight is 406 g/mol. The number of amides is 1. The number of hydrogen-bond acceptors (Lipinski definition) is 5. The van der Waals surface area contributed by atoms with Crippen molar-refractivity contribution in [1.29, 1.82) is 0 Å². The molecule has 1 aliphatic heterocycles. The molecular formula is C23H39N3O3. The van der Waals surface area contributed by atoms with Gasteiger partial charge in [0.1, 0.15) is 0 Å². The van der Waals surface area contributed by atoms with Gasteiger partial charge < -0.3 is 19.9 Å². The van der Waals surface area contributed by atoms with Gasteiger partial charge in [-0.05, 0) is 82.8 Å². The second-order valence-corrected chi connectivity index (χ2v) is 7.20. The van der Waals surface area contributed by atoms with E-state index in [2.05, 4.69) is 40.6 Å². The van der Waals surface area contributed by atoms with Crippen LogP contribution in [0, 0.1) is 0 Å². The number of nitrogens with zero attached hydrogens (tertiary/aromatic N) is 2. The van der Waals surface area contributed by atoms with Gasteiger partial charge in [0.05, 0.1) is 12.7 Å². The minimum Gasteiger partial charge on any atom is -0.465 e. The smallest absolute Gasteiger partial charge is 0.337 e. The van der Waals surface area contributed by atoms with Gasteiger partial charge in [-0.25, -0.2) is 4.79 Å². The van der Waals surface area contributed by atoms with Crippen molar-refractivity contribution >= 4 is 11.9 Å². The molecule has 0 aliphatic carbocycles. The van der Waals surface area contributed by atoms with E-state index in [1.807, 2.05) is 0 Å².